The van der Waals surface area contributed by atoms with Gasteiger partial charge < -0.3 is 10.1 Å². The van der Waals surface area contributed by atoms with E-state index in [-0.39, 0.29) is 5.97 Å². The van der Waals surface area contributed by atoms with Gasteiger partial charge in [-0.05, 0) is 12.1 Å². The monoisotopic (exact) mass is 190 g/mol. The van der Waals surface area contributed by atoms with E-state index >= 15 is 0 Å². The Bertz CT molecular complexity index is 399. The summed E-state index contributed by atoms with van der Waals surface area (Å²) in [7, 11) is 1.37. The molecule has 0 aromatic heterocycles. The van der Waals surface area contributed by atoms with Gasteiger partial charge in [0.1, 0.15) is 6.67 Å². The van der Waals surface area contributed by atoms with Crippen LogP contribution in [0.25, 0.3) is 0 Å². The lowest BCUT2D eigenvalue weighted by atomic mass is 10.1. The molecule has 0 saturated carbocycles. The molecule has 1 aliphatic rings. The van der Waals surface area contributed by atoms with Crippen molar-refractivity contribution in [2.24, 2.45) is 4.99 Å². The largest absolute Gasteiger partial charge is 0.465 e. The maximum absolute atomic E-state index is 11.4. The zero-order valence-electron chi connectivity index (χ0n) is 7.78. The van der Waals surface area contributed by atoms with Gasteiger partial charge in [0.25, 0.3) is 0 Å². The van der Waals surface area contributed by atoms with Gasteiger partial charge in [0.05, 0.1) is 12.7 Å². The van der Waals surface area contributed by atoms with E-state index in [4.69, 9.17) is 0 Å². The molecule has 1 heterocycles. The van der Waals surface area contributed by atoms with Crippen LogP contribution in [0.4, 0.5) is 5.69 Å². The Morgan fingerprint density at radius 1 is 1.57 bits per heavy atom. The van der Waals surface area contributed by atoms with Gasteiger partial charge in [0, 0.05) is 17.5 Å². The molecule has 0 spiro atoms. The minimum absolute atomic E-state index is 0.336. The van der Waals surface area contributed by atoms with Crippen LogP contribution < -0.4 is 5.32 Å². The number of nitrogens with one attached hydrogen (secondary N) is 1. The van der Waals surface area contributed by atoms with E-state index in [1.807, 2.05) is 12.1 Å². The summed E-state index contributed by atoms with van der Waals surface area (Å²) in [6, 6.07) is 5.45. The number of ether oxygens (including phenoxy) is 1. The van der Waals surface area contributed by atoms with E-state index in [2.05, 4.69) is 15.0 Å². The first-order chi connectivity index (χ1) is 6.83. The van der Waals surface area contributed by atoms with E-state index < -0.39 is 0 Å². The molecule has 1 aromatic rings. The molecule has 4 nitrogen and oxygen atoms in total. The van der Waals surface area contributed by atoms with Crippen molar-refractivity contribution in [2.75, 3.05) is 19.1 Å². The van der Waals surface area contributed by atoms with E-state index in [9.17, 15) is 4.79 Å². The van der Waals surface area contributed by atoms with Crippen molar-refractivity contribution in [3.05, 3.63) is 29.3 Å². The van der Waals surface area contributed by atoms with E-state index in [1.54, 1.807) is 12.3 Å². The highest BCUT2D eigenvalue weighted by molar-refractivity contribution is 6.03. The highest BCUT2D eigenvalue weighted by Crippen LogP contribution is 2.20. The highest BCUT2D eigenvalue weighted by atomic mass is 16.5. The average Bonchev–Trinajstić information content (AvgIpc) is 2.27. The number of nitrogens with zero attached hydrogens (tertiary/aromatic N) is 1. The molecule has 4 heteroatoms. The summed E-state index contributed by atoms with van der Waals surface area (Å²) in [5.41, 5.74) is 2.26. The normalized spacial score (nSPS) is 12.9. The Morgan fingerprint density at radius 3 is 3.21 bits per heavy atom. The first-order valence-corrected chi connectivity index (χ1v) is 4.28. The molecule has 2 rings (SSSR count). The third-order valence-corrected chi connectivity index (χ3v) is 2.09. The molecule has 0 amide bonds. The summed E-state index contributed by atoms with van der Waals surface area (Å²) >= 11 is 0. The van der Waals surface area contributed by atoms with Crippen LogP contribution in [0.3, 0.4) is 0 Å². The van der Waals surface area contributed by atoms with Crippen molar-refractivity contribution in [1.29, 1.82) is 0 Å². The first kappa shape index (κ1) is 8.74. The summed E-state index contributed by atoms with van der Waals surface area (Å²) in [4.78, 5) is 15.4. The van der Waals surface area contributed by atoms with Crippen molar-refractivity contribution < 1.29 is 9.53 Å². The van der Waals surface area contributed by atoms with Crippen molar-refractivity contribution in [2.45, 2.75) is 0 Å². The SMILES string of the molecule is COC(=O)c1cccc2c1C=NCN2. The summed E-state index contributed by atoms with van der Waals surface area (Å²) < 4.78 is 4.67. The lowest BCUT2D eigenvalue weighted by molar-refractivity contribution is 0.0600. The van der Waals surface area contributed by atoms with Gasteiger partial charge in [-0.2, -0.15) is 0 Å². The number of fused-ring (bicyclic) bond motifs is 1. The maximum atomic E-state index is 11.4. The zero-order chi connectivity index (χ0) is 9.97. The molecule has 0 bridgehead atoms. The number of carbonyl (C=O) groups is 1. The fourth-order valence-electron chi connectivity index (χ4n) is 1.41. The van der Waals surface area contributed by atoms with Crippen LogP contribution in [-0.4, -0.2) is 26.0 Å². The summed E-state index contributed by atoms with van der Waals surface area (Å²) in [5, 5.41) is 3.08. The molecule has 1 aromatic carbocycles. The zero-order valence-corrected chi connectivity index (χ0v) is 7.78. The Labute approximate surface area is 81.6 Å². The van der Waals surface area contributed by atoms with Crippen molar-refractivity contribution >= 4 is 17.9 Å². The first-order valence-electron chi connectivity index (χ1n) is 4.28. The molecule has 0 fully saturated rings. The average molecular weight is 190 g/mol. The van der Waals surface area contributed by atoms with Gasteiger partial charge in [0.15, 0.2) is 0 Å². The van der Waals surface area contributed by atoms with Gasteiger partial charge in [0.2, 0.25) is 0 Å². The molecule has 1 N–H and O–H groups in total. The second-order valence-electron chi connectivity index (χ2n) is 2.90. The quantitative estimate of drug-likeness (QED) is 0.678. The Kier molecular flexibility index (Phi) is 2.18. The number of aliphatic imine (C=N–C) groups is 1. The van der Waals surface area contributed by atoms with E-state index in [0.29, 0.717) is 12.2 Å². The van der Waals surface area contributed by atoms with Crippen LogP contribution in [0.1, 0.15) is 15.9 Å². The number of benzene rings is 1. The van der Waals surface area contributed by atoms with Gasteiger partial charge in [-0.1, -0.05) is 6.07 Å². The number of hydrogen-bond donors (Lipinski definition) is 1. The Hall–Kier alpha value is -1.84. The van der Waals surface area contributed by atoms with Crippen LogP contribution in [0.5, 0.6) is 0 Å². The van der Waals surface area contributed by atoms with Crippen LogP contribution >= 0.6 is 0 Å². The smallest absolute Gasteiger partial charge is 0.338 e. The highest BCUT2D eigenvalue weighted by Gasteiger charge is 2.14. The molecule has 0 saturated heterocycles. The summed E-state index contributed by atoms with van der Waals surface area (Å²) in [6.07, 6.45) is 1.69. The molecular weight excluding hydrogens is 180 g/mol. The molecule has 0 aliphatic carbocycles. The predicted molar refractivity (Wildman–Crippen MR) is 53.9 cm³/mol. The van der Waals surface area contributed by atoms with Gasteiger partial charge in [-0.25, -0.2) is 4.79 Å². The second kappa shape index (κ2) is 3.49. The second-order valence-corrected chi connectivity index (χ2v) is 2.90. The van der Waals surface area contributed by atoms with Gasteiger partial charge >= 0.3 is 5.97 Å². The molecule has 0 atom stereocenters. The standard InChI is InChI=1S/C10H10N2O2/c1-14-10(13)7-3-2-4-9-8(7)5-11-6-12-9/h2-5,12H,6H2,1H3. The molecular formula is C10H10N2O2. The van der Waals surface area contributed by atoms with Crippen LogP contribution in [0.2, 0.25) is 0 Å². The van der Waals surface area contributed by atoms with Gasteiger partial charge in [-0.15, -0.1) is 0 Å². The number of carbonyl (C=O) groups excluding carboxylic acids is 1. The maximum Gasteiger partial charge on any atom is 0.338 e. The lowest BCUT2D eigenvalue weighted by Crippen LogP contribution is -2.13. The van der Waals surface area contributed by atoms with Crippen molar-refractivity contribution in [1.82, 2.24) is 0 Å². The number of hydrogen-bond acceptors (Lipinski definition) is 4. The Balaban J connectivity index is 2.52. The van der Waals surface area contributed by atoms with Crippen LogP contribution in [0.15, 0.2) is 23.2 Å². The molecule has 0 unspecified atom stereocenters. The topological polar surface area (TPSA) is 50.7 Å². The molecule has 1 aliphatic heterocycles. The molecule has 14 heavy (non-hydrogen) atoms. The fourth-order valence-corrected chi connectivity index (χ4v) is 1.41. The third-order valence-electron chi connectivity index (χ3n) is 2.09. The van der Waals surface area contributed by atoms with Crippen LogP contribution in [0, 0.1) is 0 Å². The summed E-state index contributed by atoms with van der Waals surface area (Å²) in [5.74, 6) is -0.336. The van der Waals surface area contributed by atoms with Crippen molar-refractivity contribution in [3.63, 3.8) is 0 Å². The number of esters is 1. The Morgan fingerprint density at radius 2 is 2.43 bits per heavy atom. The number of anilines is 1. The van der Waals surface area contributed by atoms with E-state index in [1.165, 1.54) is 7.11 Å². The van der Waals surface area contributed by atoms with Crippen LogP contribution in [-0.2, 0) is 4.74 Å². The van der Waals surface area contributed by atoms with Crippen molar-refractivity contribution in [3.8, 4) is 0 Å². The predicted octanol–water partition coefficient (Wildman–Crippen LogP) is 1.28. The fraction of sp³-hybridized carbons (Fsp3) is 0.200. The van der Waals surface area contributed by atoms with Gasteiger partial charge in [-0.3, -0.25) is 4.99 Å². The number of rotatable bonds is 1. The molecule has 0 radical (unpaired) electrons. The van der Waals surface area contributed by atoms with E-state index in [0.717, 1.165) is 11.3 Å². The minimum Gasteiger partial charge on any atom is -0.465 e. The molecule has 72 valence electrons. The summed E-state index contributed by atoms with van der Waals surface area (Å²) in [6.45, 7) is 0.553. The number of methoxy groups -OCH3 is 1. The third kappa shape index (κ3) is 1.35. The lowest BCUT2D eigenvalue weighted by Gasteiger charge is -2.14. The minimum atomic E-state index is -0.336.